The number of fused-ring (bicyclic) bond motifs is 2. The second kappa shape index (κ2) is 6.00. The Hall–Kier alpha value is -3.12. The molecule has 1 aliphatic rings. The summed E-state index contributed by atoms with van der Waals surface area (Å²) in [6.45, 7) is 1.23. The van der Waals surface area contributed by atoms with Gasteiger partial charge in [-0.3, -0.25) is 9.59 Å². The molecule has 1 aliphatic heterocycles. The molecule has 0 saturated carbocycles. The number of hydrogen-bond donors (Lipinski definition) is 0. The number of ether oxygens (including phenoxy) is 1. The minimum Gasteiger partial charge on any atom is -0.449 e. The predicted molar refractivity (Wildman–Crippen MR) is 93.2 cm³/mol. The van der Waals surface area contributed by atoms with Crippen LogP contribution >= 0.6 is 11.6 Å². The number of aryl methyl sites for hydroxylation is 1. The number of nitrogens with zero attached hydrogens (tertiary/aromatic N) is 1. The summed E-state index contributed by atoms with van der Waals surface area (Å²) in [5.74, 6) is -1.73. The highest BCUT2D eigenvalue weighted by Gasteiger charge is 2.36. The molecule has 0 aliphatic carbocycles. The molecule has 0 fully saturated rings. The number of carbonyl (C=O) groups is 3. The number of imide groups is 1. The third-order valence-corrected chi connectivity index (χ3v) is 4.52. The molecule has 0 saturated heterocycles. The summed E-state index contributed by atoms with van der Waals surface area (Å²) in [5, 5.41) is 1.22. The lowest BCUT2D eigenvalue weighted by Gasteiger charge is -2.13. The van der Waals surface area contributed by atoms with Crippen LogP contribution in [0.5, 0.6) is 0 Å². The summed E-state index contributed by atoms with van der Waals surface area (Å²) in [6.07, 6.45) is 0. The Labute approximate surface area is 152 Å². The van der Waals surface area contributed by atoms with E-state index in [1.165, 1.54) is 0 Å². The van der Waals surface area contributed by atoms with Crippen LogP contribution in [-0.4, -0.2) is 29.4 Å². The van der Waals surface area contributed by atoms with Crippen molar-refractivity contribution in [3.05, 3.63) is 69.9 Å². The number of rotatable bonds is 3. The van der Waals surface area contributed by atoms with E-state index in [9.17, 15) is 14.4 Å². The first-order chi connectivity index (χ1) is 12.5. The van der Waals surface area contributed by atoms with Gasteiger partial charge in [0.15, 0.2) is 6.73 Å². The number of hydrogen-bond acceptors (Lipinski definition) is 5. The SMILES string of the molecule is Cc1c(C(=O)OCN2C(=O)c3ccccc3C2=O)oc2ccc(Cl)cc12. The summed E-state index contributed by atoms with van der Waals surface area (Å²) >= 11 is 5.96. The number of esters is 1. The van der Waals surface area contributed by atoms with Crippen molar-refractivity contribution in [3.63, 3.8) is 0 Å². The van der Waals surface area contributed by atoms with Gasteiger partial charge in [-0.05, 0) is 37.3 Å². The summed E-state index contributed by atoms with van der Waals surface area (Å²) in [5.41, 5.74) is 1.67. The molecule has 0 bridgehead atoms. The summed E-state index contributed by atoms with van der Waals surface area (Å²) < 4.78 is 10.7. The van der Waals surface area contributed by atoms with E-state index in [4.69, 9.17) is 20.8 Å². The van der Waals surface area contributed by atoms with E-state index in [-0.39, 0.29) is 5.76 Å². The number of halogens is 1. The quantitative estimate of drug-likeness (QED) is 0.518. The van der Waals surface area contributed by atoms with E-state index >= 15 is 0 Å². The maximum Gasteiger partial charge on any atom is 0.376 e. The molecule has 0 unspecified atom stereocenters. The number of furan rings is 1. The smallest absolute Gasteiger partial charge is 0.376 e. The van der Waals surface area contributed by atoms with Gasteiger partial charge in [0.25, 0.3) is 11.8 Å². The van der Waals surface area contributed by atoms with E-state index in [1.807, 2.05) is 0 Å². The topological polar surface area (TPSA) is 76.8 Å². The molecule has 2 heterocycles. The zero-order chi connectivity index (χ0) is 18.4. The van der Waals surface area contributed by atoms with E-state index in [1.54, 1.807) is 49.4 Å². The minimum absolute atomic E-state index is 0.0128. The van der Waals surface area contributed by atoms with E-state index in [0.717, 1.165) is 4.90 Å². The van der Waals surface area contributed by atoms with E-state index < -0.39 is 24.5 Å². The van der Waals surface area contributed by atoms with Crippen molar-refractivity contribution < 1.29 is 23.5 Å². The van der Waals surface area contributed by atoms with Gasteiger partial charge in [0.2, 0.25) is 5.76 Å². The van der Waals surface area contributed by atoms with Crippen LogP contribution in [0.2, 0.25) is 5.02 Å². The monoisotopic (exact) mass is 369 g/mol. The van der Waals surface area contributed by atoms with Crippen molar-refractivity contribution in [2.24, 2.45) is 0 Å². The van der Waals surface area contributed by atoms with Crippen molar-refractivity contribution in [2.45, 2.75) is 6.92 Å². The molecule has 7 heteroatoms. The maximum absolute atomic E-state index is 12.4. The third-order valence-electron chi connectivity index (χ3n) is 4.29. The molecular weight excluding hydrogens is 358 g/mol. The number of carbonyl (C=O) groups excluding carboxylic acids is 3. The Balaban J connectivity index is 1.54. The van der Waals surface area contributed by atoms with Crippen LogP contribution in [0.3, 0.4) is 0 Å². The normalized spacial score (nSPS) is 13.4. The zero-order valence-corrected chi connectivity index (χ0v) is 14.4. The van der Waals surface area contributed by atoms with E-state index in [2.05, 4.69) is 0 Å². The van der Waals surface area contributed by atoms with Crippen LogP contribution in [0.1, 0.15) is 36.8 Å². The first-order valence-electron chi connectivity index (χ1n) is 7.78. The van der Waals surface area contributed by atoms with Crippen LogP contribution < -0.4 is 0 Å². The van der Waals surface area contributed by atoms with E-state index in [0.29, 0.717) is 32.7 Å². The third kappa shape index (κ3) is 2.46. The van der Waals surface area contributed by atoms with Crippen molar-refractivity contribution >= 4 is 40.4 Å². The highest BCUT2D eigenvalue weighted by atomic mass is 35.5. The van der Waals surface area contributed by atoms with Crippen LogP contribution in [0.15, 0.2) is 46.9 Å². The lowest BCUT2D eigenvalue weighted by Crippen LogP contribution is -2.33. The van der Waals surface area contributed by atoms with Gasteiger partial charge in [-0.25, -0.2) is 9.69 Å². The van der Waals surface area contributed by atoms with Crippen LogP contribution in [-0.2, 0) is 4.74 Å². The molecule has 0 spiro atoms. The van der Waals surface area contributed by atoms with Crippen LogP contribution in [0.4, 0.5) is 0 Å². The number of amides is 2. The fourth-order valence-corrected chi connectivity index (χ4v) is 3.11. The molecule has 0 radical (unpaired) electrons. The number of benzene rings is 2. The predicted octanol–water partition coefficient (Wildman–Crippen LogP) is 3.81. The lowest BCUT2D eigenvalue weighted by molar-refractivity contribution is 0.0205. The minimum atomic E-state index is -0.758. The Morgan fingerprint density at radius 2 is 1.77 bits per heavy atom. The van der Waals surface area contributed by atoms with Crippen LogP contribution in [0.25, 0.3) is 11.0 Å². The first kappa shape index (κ1) is 16.4. The Morgan fingerprint density at radius 1 is 1.12 bits per heavy atom. The molecule has 2 aromatic carbocycles. The molecule has 130 valence electrons. The fourth-order valence-electron chi connectivity index (χ4n) is 2.93. The highest BCUT2D eigenvalue weighted by Crippen LogP contribution is 2.28. The fraction of sp³-hybridized carbons (Fsp3) is 0.105. The van der Waals surface area contributed by atoms with Gasteiger partial charge in [0, 0.05) is 16.0 Å². The summed E-state index contributed by atoms with van der Waals surface area (Å²) in [6, 6.07) is 11.5. The van der Waals surface area contributed by atoms with Crippen molar-refractivity contribution in [1.82, 2.24) is 4.90 Å². The molecule has 3 aromatic rings. The van der Waals surface area contributed by atoms with Gasteiger partial charge in [-0.2, -0.15) is 0 Å². The molecule has 0 N–H and O–H groups in total. The summed E-state index contributed by atoms with van der Waals surface area (Å²) in [4.78, 5) is 37.8. The zero-order valence-electron chi connectivity index (χ0n) is 13.6. The molecular formula is C19H12ClNO5. The Morgan fingerprint density at radius 3 is 2.42 bits per heavy atom. The maximum atomic E-state index is 12.4. The van der Waals surface area contributed by atoms with Gasteiger partial charge in [-0.15, -0.1) is 0 Å². The van der Waals surface area contributed by atoms with Gasteiger partial charge in [-0.1, -0.05) is 23.7 Å². The molecule has 4 rings (SSSR count). The first-order valence-corrected chi connectivity index (χ1v) is 8.16. The van der Waals surface area contributed by atoms with Gasteiger partial charge in [0.05, 0.1) is 11.1 Å². The molecule has 1 aromatic heterocycles. The van der Waals surface area contributed by atoms with Crippen molar-refractivity contribution in [2.75, 3.05) is 6.73 Å². The largest absolute Gasteiger partial charge is 0.449 e. The summed E-state index contributed by atoms with van der Waals surface area (Å²) in [7, 11) is 0. The second-order valence-corrected chi connectivity index (χ2v) is 6.28. The molecule has 26 heavy (non-hydrogen) atoms. The second-order valence-electron chi connectivity index (χ2n) is 5.84. The van der Waals surface area contributed by atoms with Gasteiger partial charge in [0.1, 0.15) is 5.58 Å². The van der Waals surface area contributed by atoms with Gasteiger partial charge >= 0.3 is 5.97 Å². The molecule has 0 atom stereocenters. The Kier molecular flexibility index (Phi) is 3.77. The standard InChI is InChI=1S/C19H12ClNO5/c1-10-14-8-11(20)6-7-15(14)26-16(10)19(24)25-9-21-17(22)12-4-2-3-5-13(12)18(21)23/h2-8H,9H2,1H3. The molecule has 2 amide bonds. The molecule has 6 nitrogen and oxygen atoms in total. The van der Waals surface area contributed by atoms with Crippen molar-refractivity contribution in [1.29, 1.82) is 0 Å². The average molecular weight is 370 g/mol. The van der Waals surface area contributed by atoms with Gasteiger partial charge < -0.3 is 9.15 Å². The highest BCUT2D eigenvalue weighted by molar-refractivity contribution is 6.31. The van der Waals surface area contributed by atoms with Crippen LogP contribution in [0, 0.1) is 6.92 Å². The lowest BCUT2D eigenvalue weighted by atomic mass is 10.1. The van der Waals surface area contributed by atoms with Crippen molar-refractivity contribution in [3.8, 4) is 0 Å². The average Bonchev–Trinajstić information content (AvgIpc) is 3.09. The Bertz CT molecular complexity index is 1050.